The Morgan fingerprint density at radius 1 is 0.667 bits per heavy atom. The number of rotatable bonds is 13. The minimum Gasteiger partial charge on any atom is -0.481 e. The molecule has 0 rings (SSSR count). The number of aliphatic carboxylic acids is 2. The SMILES string of the molecule is O=C(O)CCCSCCCCSCCCC(=O)O. The lowest BCUT2D eigenvalue weighted by atomic mass is 10.3. The van der Waals surface area contributed by atoms with Gasteiger partial charge < -0.3 is 10.2 Å². The van der Waals surface area contributed by atoms with Crippen molar-refractivity contribution in [3.63, 3.8) is 0 Å². The Morgan fingerprint density at radius 3 is 1.33 bits per heavy atom. The van der Waals surface area contributed by atoms with Gasteiger partial charge in [-0.15, -0.1) is 0 Å². The van der Waals surface area contributed by atoms with Crippen LogP contribution in [0, 0.1) is 0 Å². The number of hydrogen-bond acceptors (Lipinski definition) is 4. The highest BCUT2D eigenvalue weighted by Crippen LogP contribution is 2.11. The fourth-order valence-electron chi connectivity index (χ4n) is 1.26. The van der Waals surface area contributed by atoms with Crippen molar-refractivity contribution >= 4 is 35.5 Å². The molecule has 6 heteroatoms. The molecule has 0 bridgehead atoms. The van der Waals surface area contributed by atoms with Crippen molar-refractivity contribution in [3.8, 4) is 0 Å². The maximum Gasteiger partial charge on any atom is 0.303 e. The molecule has 0 aromatic carbocycles. The van der Waals surface area contributed by atoms with E-state index < -0.39 is 11.9 Å². The topological polar surface area (TPSA) is 74.6 Å². The molecule has 0 atom stereocenters. The zero-order chi connectivity index (χ0) is 13.6. The third-order valence-electron chi connectivity index (χ3n) is 2.19. The summed E-state index contributed by atoms with van der Waals surface area (Å²) in [6, 6.07) is 0. The van der Waals surface area contributed by atoms with Crippen LogP contribution < -0.4 is 0 Å². The highest BCUT2D eigenvalue weighted by atomic mass is 32.2. The van der Waals surface area contributed by atoms with Crippen LogP contribution in [-0.4, -0.2) is 45.2 Å². The first-order valence-corrected chi connectivity index (χ1v) is 8.53. The van der Waals surface area contributed by atoms with Crippen molar-refractivity contribution in [2.45, 2.75) is 38.5 Å². The molecule has 0 heterocycles. The van der Waals surface area contributed by atoms with Gasteiger partial charge in [0.2, 0.25) is 0 Å². The predicted molar refractivity (Wildman–Crippen MR) is 77.6 cm³/mol. The first-order chi connectivity index (χ1) is 8.63. The van der Waals surface area contributed by atoms with Gasteiger partial charge in [-0.2, -0.15) is 23.5 Å². The monoisotopic (exact) mass is 294 g/mol. The van der Waals surface area contributed by atoms with E-state index in [1.165, 1.54) is 0 Å². The Labute approximate surface area is 117 Å². The maximum absolute atomic E-state index is 10.3. The van der Waals surface area contributed by atoms with Crippen molar-refractivity contribution in [1.82, 2.24) is 0 Å². The molecule has 2 N–H and O–H groups in total. The fourth-order valence-corrected chi connectivity index (χ4v) is 3.18. The van der Waals surface area contributed by atoms with Crippen LogP contribution in [0.25, 0.3) is 0 Å². The van der Waals surface area contributed by atoms with E-state index in [-0.39, 0.29) is 12.8 Å². The largest absolute Gasteiger partial charge is 0.481 e. The zero-order valence-electron chi connectivity index (χ0n) is 10.6. The minimum absolute atomic E-state index is 0.270. The van der Waals surface area contributed by atoms with Crippen molar-refractivity contribution in [1.29, 1.82) is 0 Å². The van der Waals surface area contributed by atoms with E-state index in [0.29, 0.717) is 0 Å². The van der Waals surface area contributed by atoms with Crippen molar-refractivity contribution < 1.29 is 19.8 Å². The van der Waals surface area contributed by atoms with E-state index in [1.54, 1.807) is 0 Å². The maximum atomic E-state index is 10.3. The summed E-state index contributed by atoms with van der Waals surface area (Å²) in [5.74, 6) is 2.61. The Balaban J connectivity index is 2.99. The van der Waals surface area contributed by atoms with Crippen LogP contribution in [0.3, 0.4) is 0 Å². The minimum atomic E-state index is -0.714. The molecule has 0 aliphatic heterocycles. The van der Waals surface area contributed by atoms with E-state index in [4.69, 9.17) is 10.2 Å². The second kappa shape index (κ2) is 13.1. The lowest BCUT2D eigenvalue weighted by Crippen LogP contribution is -1.96. The molecule has 0 aromatic heterocycles. The number of unbranched alkanes of at least 4 members (excludes halogenated alkanes) is 1. The van der Waals surface area contributed by atoms with Crippen LogP contribution in [0.15, 0.2) is 0 Å². The van der Waals surface area contributed by atoms with Crippen molar-refractivity contribution in [2.75, 3.05) is 23.0 Å². The van der Waals surface area contributed by atoms with E-state index in [0.717, 1.165) is 48.7 Å². The van der Waals surface area contributed by atoms with Gasteiger partial charge in [0.25, 0.3) is 0 Å². The van der Waals surface area contributed by atoms with Crippen molar-refractivity contribution in [2.24, 2.45) is 0 Å². The molecule has 106 valence electrons. The first-order valence-electron chi connectivity index (χ1n) is 6.22. The standard InChI is InChI=1S/C12H22O4S2/c13-11(14)5-3-9-17-7-1-2-8-18-10-4-6-12(15)16/h1-10H2,(H,13,14)(H,15,16). The third kappa shape index (κ3) is 15.6. The summed E-state index contributed by atoms with van der Waals surface area (Å²) >= 11 is 3.63. The summed E-state index contributed by atoms with van der Waals surface area (Å²) in [7, 11) is 0. The van der Waals surface area contributed by atoms with Crippen LogP contribution in [0.2, 0.25) is 0 Å². The molecule has 0 amide bonds. The highest BCUT2D eigenvalue weighted by molar-refractivity contribution is 7.99. The molecule has 18 heavy (non-hydrogen) atoms. The van der Waals surface area contributed by atoms with Gasteiger partial charge in [0, 0.05) is 12.8 Å². The molecule has 0 aliphatic carbocycles. The molecule has 0 fully saturated rings. The molecule has 0 spiro atoms. The van der Waals surface area contributed by atoms with Gasteiger partial charge in [-0.1, -0.05) is 0 Å². The summed E-state index contributed by atoms with van der Waals surface area (Å²) < 4.78 is 0. The number of carboxylic acids is 2. The molecule has 0 aliphatic rings. The quantitative estimate of drug-likeness (QED) is 0.509. The Morgan fingerprint density at radius 2 is 1.00 bits per heavy atom. The summed E-state index contributed by atoms with van der Waals surface area (Å²) in [5.41, 5.74) is 0. The summed E-state index contributed by atoms with van der Waals surface area (Å²) in [4.78, 5) is 20.5. The van der Waals surface area contributed by atoms with Gasteiger partial charge in [0.15, 0.2) is 0 Å². The number of carbonyl (C=O) groups is 2. The Hall–Kier alpha value is -0.360. The van der Waals surface area contributed by atoms with Gasteiger partial charge in [-0.05, 0) is 48.7 Å². The van der Waals surface area contributed by atoms with Gasteiger partial charge in [-0.25, -0.2) is 0 Å². The molecule has 0 saturated heterocycles. The van der Waals surface area contributed by atoms with Crippen LogP contribution in [0.1, 0.15) is 38.5 Å². The second-order valence-electron chi connectivity index (χ2n) is 3.93. The summed E-state index contributed by atoms with van der Waals surface area (Å²) in [6.07, 6.45) is 4.36. The molecule has 0 saturated carbocycles. The first kappa shape index (κ1) is 17.6. The van der Waals surface area contributed by atoms with Crippen LogP contribution >= 0.6 is 23.5 Å². The lowest BCUT2D eigenvalue weighted by Gasteiger charge is -2.01. The van der Waals surface area contributed by atoms with Gasteiger partial charge in [-0.3, -0.25) is 9.59 Å². The van der Waals surface area contributed by atoms with E-state index in [2.05, 4.69) is 0 Å². The Bertz CT molecular complexity index is 210. The zero-order valence-corrected chi connectivity index (χ0v) is 12.2. The predicted octanol–water partition coefficient (Wildman–Crippen LogP) is 2.96. The van der Waals surface area contributed by atoms with Gasteiger partial charge in [0.05, 0.1) is 0 Å². The van der Waals surface area contributed by atoms with Crippen LogP contribution in [0.5, 0.6) is 0 Å². The number of thioether (sulfide) groups is 2. The highest BCUT2D eigenvalue weighted by Gasteiger charge is 1.98. The van der Waals surface area contributed by atoms with Crippen molar-refractivity contribution in [3.05, 3.63) is 0 Å². The molecule has 4 nitrogen and oxygen atoms in total. The number of hydrogen-bond donors (Lipinski definition) is 2. The van der Waals surface area contributed by atoms with Gasteiger partial charge >= 0.3 is 11.9 Å². The van der Waals surface area contributed by atoms with E-state index in [9.17, 15) is 9.59 Å². The second-order valence-corrected chi connectivity index (χ2v) is 6.38. The lowest BCUT2D eigenvalue weighted by molar-refractivity contribution is -0.138. The number of carboxylic acid groups (broad SMARTS) is 2. The third-order valence-corrected chi connectivity index (χ3v) is 4.50. The summed E-state index contributed by atoms with van der Waals surface area (Å²) in [5, 5.41) is 16.9. The van der Waals surface area contributed by atoms with Gasteiger partial charge in [0.1, 0.15) is 0 Å². The van der Waals surface area contributed by atoms with E-state index in [1.807, 2.05) is 23.5 Å². The molecule has 0 unspecified atom stereocenters. The average molecular weight is 294 g/mol. The fraction of sp³-hybridized carbons (Fsp3) is 0.833. The molecule has 0 radical (unpaired) electrons. The van der Waals surface area contributed by atoms with E-state index >= 15 is 0 Å². The summed E-state index contributed by atoms with van der Waals surface area (Å²) in [6.45, 7) is 0. The van der Waals surface area contributed by atoms with Crippen LogP contribution in [-0.2, 0) is 9.59 Å². The smallest absolute Gasteiger partial charge is 0.303 e. The molecule has 0 aromatic rings. The Kier molecular flexibility index (Phi) is 12.8. The molecular formula is C12H22O4S2. The normalized spacial score (nSPS) is 10.4. The average Bonchev–Trinajstić information content (AvgIpc) is 2.29. The van der Waals surface area contributed by atoms with Crippen LogP contribution in [0.4, 0.5) is 0 Å². The molecular weight excluding hydrogens is 272 g/mol.